The lowest BCUT2D eigenvalue weighted by Gasteiger charge is -2.20. The number of imidazole rings is 1. The van der Waals surface area contributed by atoms with Gasteiger partial charge in [-0.05, 0) is 61.2 Å². The second kappa shape index (κ2) is 8.19. The average molecular weight is 537 g/mol. The molecule has 3 N–H and O–H groups in total. The number of aromatic hydroxyl groups is 1. The fourth-order valence-corrected chi connectivity index (χ4v) is 6.11. The topological polar surface area (TPSA) is 110 Å². The predicted molar refractivity (Wildman–Crippen MR) is 134 cm³/mol. The molecule has 3 heterocycles. The van der Waals surface area contributed by atoms with E-state index in [4.69, 9.17) is 4.74 Å². The number of nitrogens with zero attached hydrogens (tertiary/aromatic N) is 3. The largest absolute Gasteiger partial charge is 0.508 e. The Morgan fingerprint density at radius 1 is 1.15 bits per heavy atom. The average Bonchev–Trinajstić information content (AvgIpc) is 3.74. The fourth-order valence-electron chi connectivity index (χ4n) is 6.11. The molecular formula is C28H23F3N4O4. The lowest BCUT2D eigenvalue weighted by molar-refractivity contribution is -0.137. The van der Waals surface area contributed by atoms with E-state index < -0.39 is 17.2 Å². The van der Waals surface area contributed by atoms with Gasteiger partial charge in [-0.15, -0.1) is 0 Å². The summed E-state index contributed by atoms with van der Waals surface area (Å²) >= 11 is 0. The highest BCUT2D eigenvalue weighted by molar-refractivity contribution is 5.93. The van der Waals surface area contributed by atoms with Crippen LogP contribution < -0.4 is 10.1 Å². The molecule has 3 unspecified atom stereocenters. The standard InChI is InChI=1S/C28H23F3N4O4/c29-28(30,31)14-1-4-20-19(11-14)33-26(35(20)9-10-36)27-13-18(27)24(27)17-12-15(2-5-21(17)37)39-22-7-8-32-25-16(22)3-6-23(38)34-25/h1-2,4-5,7-8,11-12,18,24,36-37H,3,6,9-10,13H2,(H,32,34,38). The van der Waals surface area contributed by atoms with Crippen LogP contribution in [-0.4, -0.2) is 37.3 Å². The lowest BCUT2D eigenvalue weighted by Crippen LogP contribution is -2.20. The van der Waals surface area contributed by atoms with E-state index in [-0.39, 0.29) is 42.2 Å². The first-order valence-electron chi connectivity index (χ1n) is 12.7. The number of halogens is 3. The molecule has 2 aromatic heterocycles. The summed E-state index contributed by atoms with van der Waals surface area (Å²) in [5, 5.41) is 23.2. The maximum Gasteiger partial charge on any atom is 0.416 e. The Balaban J connectivity index is 1.22. The molecule has 0 spiro atoms. The minimum atomic E-state index is -4.48. The smallest absolute Gasteiger partial charge is 0.416 e. The Labute approximate surface area is 220 Å². The number of pyridine rings is 1. The van der Waals surface area contributed by atoms with Crippen LogP contribution in [0.15, 0.2) is 48.7 Å². The first-order valence-corrected chi connectivity index (χ1v) is 12.7. The van der Waals surface area contributed by atoms with Crippen molar-refractivity contribution in [1.82, 2.24) is 14.5 Å². The van der Waals surface area contributed by atoms with Crippen molar-refractivity contribution in [2.75, 3.05) is 11.9 Å². The number of nitrogens with one attached hydrogen (secondary N) is 1. The predicted octanol–water partition coefficient (Wildman–Crippen LogP) is 4.88. The Bertz CT molecular complexity index is 1670. The van der Waals surface area contributed by atoms with Gasteiger partial charge in [0.2, 0.25) is 5.91 Å². The molecule has 7 rings (SSSR count). The first kappa shape index (κ1) is 24.0. The molecule has 8 nitrogen and oxygen atoms in total. The van der Waals surface area contributed by atoms with Crippen molar-refractivity contribution >= 4 is 22.8 Å². The second-order valence-corrected chi connectivity index (χ2v) is 10.3. The molecule has 3 atom stereocenters. The number of anilines is 1. The van der Waals surface area contributed by atoms with Gasteiger partial charge in [-0.2, -0.15) is 13.2 Å². The number of fused-ring (bicyclic) bond motifs is 3. The number of hydrogen-bond acceptors (Lipinski definition) is 6. The van der Waals surface area contributed by atoms with Crippen molar-refractivity contribution in [3.8, 4) is 17.2 Å². The number of phenols is 1. The van der Waals surface area contributed by atoms with Crippen LogP contribution >= 0.6 is 0 Å². The van der Waals surface area contributed by atoms with Gasteiger partial charge in [0.15, 0.2) is 0 Å². The number of hydrogen-bond donors (Lipinski definition) is 3. The summed E-state index contributed by atoms with van der Waals surface area (Å²) in [6.07, 6.45) is -1.30. The van der Waals surface area contributed by atoms with Gasteiger partial charge in [0.1, 0.15) is 28.9 Å². The van der Waals surface area contributed by atoms with Crippen molar-refractivity contribution in [2.24, 2.45) is 5.92 Å². The van der Waals surface area contributed by atoms with E-state index >= 15 is 0 Å². The van der Waals surface area contributed by atoms with Crippen LogP contribution in [-0.2, 0) is 29.4 Å². The van der Waals surface area contributed by atoms with E-state index in [1.54, 1.807) is 35.0 Å². The van der Waals surface area contributed by atoms with Gasteiger partial charge in [-0.3, -0.25) is 4.79 Å². The number of benzene rings is 2. The monoisotopic (exact) mass is 536 g/mol. The van der Waals surface area contributed by atoms with E-state index in [1.165, 1.54) is 6.07 Å². The maximum atomic E-state index is 13.3. The molecule has 0 radical (unpaired) electrons. The number of phenolic OH excluding ortho intramolecular Hbond substituents is 1. The number of carbonyl (C=O) groups is 1. The van der Waals surface area contributed by atoms with Crippen LogP contribution in [0.25, 0.3) is 11.0 Å². The van der Waals surface area contributed by atoms with Crippen molar-refractivity contribution in [3.63, 3.8) is 0 Å². The molecule has 2 fully saturated rings. The molecule has 2 saturated carbocycles. The summed E-state index contributed by atoms with van der Waals surface area (Å²) in [7, 11) is 0. The summed E-state index contributed by atoms with van der Waals surface area (Å²) in [5.41, 5.74) is 1.06. The molecule has 4 aromatic rings. The van der Waals surface area contributed by atoms with E-state index in [2.05, 4.69) is 15.3 Å². The Morgan fingerprint density at radius 2 is 2.00 bits per heavy atom. The van der Waals surface area contributed by atoms with Crippen molar-refractivity contribution in [2.45, 2.75) is 43.3 Å². The van der Waals surface area contributed by atoms with Gasteiger partial charge in [0.05, 0.1) is 23.2 Å². The van der Waals surface area contributed by atoms with Gasteiger partial charge in [-0.25, -0.2) is 9.97 Å². The SMILES string of the molecule is O=C1CCc2c(Oc3ccc(O)c(C4C5CC54c4nc5cc(C(F)(F)F)ccc5n4CCO)c3)ccnc2N1. The van der Waals surface area contributed by atoms with Crippen LogP contribution in [0.3, 0.4) is 0 Å². The highest BCUT2D eigenvalue weighted by Gasteiger charge is 2.82. The zero-order valence-corrected chi connectivity index (χ0v) is 20.5. The van der Waals surface area contributed by atoms with Crippen LogP contribution in [0.1, 0.15) is 41.3 Å². The second-order valence-electron chi connectivity index (χ2n) is 10.3. The van der Waals surface area contributed by atoms with Crippen molar-refractivity contribution in [3.05, 3.63) is 71.2 Å². The summed E-state index contributed by atoms with van der Waals surface area (Å²) < 4.78 is 47.9. The Hall–Kier alpha value is -4.12. The summed E-state index contributed by atoms with van der Waals surface area (Å²) in [5.74, 6) is 2.28. The normalized spacial score (nSPS) is 23.2. The van der Waals surface area contributed by atoms with Crippen LogP contribution in [0.4, 0.5) is 19.0 Å². The third kappa shape index (κ3) is 3.67. The number of aliphatic hydroxyl groups excluding tert-OH is 1. The Morgan fingerprint density at radius 3 is 2.77 bits per heavy atom. The van der Waals surface area contributed by atoms with Gasteiger partial charge in [0, 0.05) is 41.6 Å². The lowest BCUT2D eigenvalue weighted by atomic mass is 9.95. The van der Waals surface area contributed by atoms with Gasteiger partial charge >= 0.3 is 6.18 Å². The van der Waals surface area contributed by atoms with Gasteiger partial charge in [-0.1, -0.05) is 0 Å². The minimum absolute atomic E-state index is 0.0805. The molecule has 2 aliphatic carbocycles. The Kier molecular flexibility index (Phi) is 5.03. The molecule has 0 bridgehead atoms. The molecule has 3 aliphatic rings. The zero-order valence-electron chi connectivity index (χ0n) is 20.5. The molecule has 1 aliphatic heterocycles. The number of rotatable bonds is 6. The van der Waals surface area contributed by atoms with Crippen LogP contribution in [0.2, 0.25) is 0 Å². The third-order valence-corrected chi connectivity index (χ3v) is 8.16. The molecule has 2 aromatic carbocycles. The molecule has 0 saturated heterocycles. The molecular weight excluding hydrogens is 513 g/mol. The number of aromatic nitrogens is 3. The highest BCUT2D eigenvalue weighted by atomic mass is 19.4. The maximum absolute atomic E-state index is 13.3. The van der Waals surface area contributed by atoms with E-state index in [9.17, 15) is 28.2 Å². The molecule has 39 heavy (non-hydrogen) atoms. The fraction of sp³-hybridized carbons (Fsp3) is 0.321. The summed E-state index contributed by atoms with van der Waals surface area (Å²) in [6, 6.07) is 10.2. The number of amides is 1. The quantitative estimate of drug-likeness (QED) is 0.324. The number of ether oxygens (including phenoxy) is 1. The number of alkyl halides is 3. The van der Waals surface area contributed by atoms with Gasteiger partial charge < -0.3 is 24.8 Å². The molecule has 200 valence electrons. The van der Waals surface area contributed by atoms with E-state index in [1.807, 2.05) is 0 Å². The van der Waals surface area contributed by atoms with Crippen molar-refractivity contribution < 1.29 is 32.9 Å². The third-order valence-electron chi connectivity index (χ3n) is 8.16. The minimum Gasteiger partial charge on any atom is -0.508 e. The van der Waals surface area contributed by atoms with Crippen LogP contribution in [0, 0.1) is 5.92 Å². The van der Waals surface area contributed by atoms with Crippen LogP contribution in [0.5, 0.6) is 17.2 Å². The van der Waals surface area contributed by atoms with Gasteiger partial charge in [0.25, 0.3) is 0 Å². The van der Waals surface area contributed by atoms with E-state index in [0.717, 1.165) is 24.1 Å². The number of carbonyl (C=O) groups excluding carboxylic acids is 1. The number of aliphatic hydroxyl groups is 1. The highest BCUT2D eigenvalue weighted by Crippen LogP contribution is 2.84. The van der Waals surface area contributed by atoms with E-state index in [0.29, 0.717) is 47.1 Å². The molecule has 1 amide bonds. The summed E-state index contributed by atoms with van der Waals surface area (Å²) in [6.45, 7) is 0.0212. The first-order chi connectivity index (χ1) is 18.7. The summed E-state index contributed by atoms with van der Waals surface area (Å²) in [4.78, 5) is 20.6. The van der Waals surface area contributed by atoms with Crippen molar-refractivity contribution in [1.29, 1.82) is 0 Å². The molecule has 11 heteroatoms. The zero-order chi connectivity index (χ0) is 27.1.